The summed E-state index contributed by atoms with van der Waals surface area (Å²) in [6, 6.07) is 13.9. The molecule has 1 aliphatic rings. The second-order valence-electron chi connectivity index (χ2n) is 11.0. The third kappa shape index (κ3) is 7.39. The summed E-state index contributed by atoms with van der Waals surface area (Å²) in [5.41, 5.74) is 6.30. The van der Waals surface area contributed by atoms with Gasteiger partial charge in [-0.05, 0) is 66.5 Å². The Balaban J connectivity index is 1.50. The van der Waals surface area contributed by atoms with Crippen LogP contribution in [0.1, 0.15) is 55.9 Å². The van der Waals surface area contributed by atoms with Crippen molar-refractivity contribution in [3.05, 3.63) is 71.0 Å². The number of rotatable bonds is 8. The molecule has 1 unspecified atom stereocenters. The standard InChI is InChI=1S/C32H33F3N4O3/c1-4-27-23(18-39-12-6-8-24(19-39)30(40)42-31(41)32(33,34)35)7-5-9-28(27)26-16-37-29(38-17-26)22-11-10-21(13-20(2)3)25(14-22)15-36/h5,7,9-11,14,16-17,20,24H,4,6,8,12-13,18-19H2,1-3H3. The molecule has 0 amide bonds. The van der Waals surface area contributed by atoms with Crippen molar-refractivity contribution in [3.8, 4) is 28.6 Å². The molecule has 2 aromatic carbocycles. The Labute approximate surface area is 243 Å². The Bertz CT molecular complexity index is 1480. The number of nitrogens with zero attached hydrogens (tertiary/aromatic N) is 4. The normalized spacial score (nSPS) is 15.8. The Kier molecular flexibility index (Phi) is 9.74. The summed E-state index contributed by atoms with van der Waals surface area (Å²) in [5.74, 6) is -3.47. The predicted molar refractivity (Wildman–Crippen MR) is 151 cm³/mol. The van der Waals surface area contributed by atoms with E-state index in [4.69, 9.17) is 0 Å². The monoisotopic (exact) mass is 578 g/mol. The Morgan fingerprint density at radius 1 is 1.12 bits per heavy atom. The van der Waals surface area contributed by atoms with Crippen LogP contribution in [0.4, 0.5) is 13.2 Å². The van der Waals surface area contributed by atoms with Gasteiger partial charge in [-0.15, -0.1) is 0 Å². The first-order valence-corrected chi connectivity index (χ1v) is 14.0. The van der Waals surface area contributed by atoms with E-state index >= 15 is 0 Å². The lowest BCUT2D eigenvalue weighted by Crippen LogP contribution is -2.40. The molecule has 0 N–H and O–H groups in total. The number of hydrogen-bond acceptors (Lipinski definition) is 7. The van der Waals surface area contributed by atoms with E-state index in [-0.39, 0.29) is 6.54 Å². The average molecular weight is 579 g/mol. The van der Waals surface area contributed by atoms with E-state index in [2.05, 4.69) is 34.6 Å². The molecule has 0 aliphatic carbocycles. The van der Waals surface area contributed by atoms with Crippen LogP contribution in [0.2, 0.25) is 0 Å². The third-order valence-electron chi connectivity index (χ3n) is 7.36. The third-order valence-corrected chi connectivity index (χ3v) is 7.36. The first kappa shape index (κ1) is 30.8. The van der Waals surface area contributed by atoms with Crippen LogP contribution < -0.4 is 0 Å². The van der Waals surface area contributed by atoms with Crippen LogP contribution in [-0.4, -0.2) is 46.1 Å². The number of carbonyl (C=O) groups excluding carboxylic acids is 2. The minimum Gasteiger partial charge on any atom is -0.386 e. The molecule has 1 atom stereocenters. The highest BCUT2D eigenvalue weighted by molar-refractivity contribution is 5.89. The molecule has 10 heteroatoms. The Morgan fingerprint density at radius 3 is 2.50 bits per heavy atom. The highest BCUT2D eigenvalue weighted by Gasteiger charge is 2.43. The van der Waals surface area contributed by atoms with Crippen LogP contribution in [0.15, 0.2) is 48.8 Å². The van der Waals surface area contributed by atoms with Gasteiger partial charge in [-0.2, -0.15) is 18.4 Å². The van der Waals surface area contributed by atoms with Gasteiger partial charge in [-0.1, -0.05) is 51.1 Å². The molecular formula is C32H33F3N4O3. The molecule has 1 saturated heterocycles. The molecule has 220 valence electrons. The highest BCUT2D eigenvalue weighted by atomic mass is 19.4. The van der Waals surface area contributed by atoms with E-state index in [1.165, 1.54) is 0 Å². The molecule has 4 rings (SSSR count). The Hall–Kier alpha value is -4.10. The second kappa shape index (κ2) is 13.3. The van der Waals surface area contributed by atoms with Crippen molar-refractivity contribution in [2.75, 3.05) is 13.1 Å². The molecule has 0 radical (unpaired) electrons. The first-order valence-electron chi connectivity index (χ1n) is 14.0. The number of aromatic nitrogens is 2. The molecular weight excluding hydrogens is 545 g/mol. The van der Waals surface area contributed by atoms with Gasteiger partial charge in [0.25, 0.3) is 0 Å². The number of piperidine rings is 1. The Morgan fingerprint density at radius 2 is 1.86 bits per heavy atom. The molecule has 2 heterocycles. The minimum atomic E-state index is -5.21. The molecule has 1 aromatic heterocycles. The topological polar surface area (TPSA) is 96.2 Å². The molecule has 0 spiro atoms. The maximum absolute atomic E-state index is 12.5. The maximum atomic E-state index is 12.5. The summed E-state index contributed by atoms with van der Waals surface area (Å²) >= 11 is 0. The number of alkyl halides is 3. The van der Waals surface area contributed by atoms with Crippen LogP contribution in [0, 0.1) is 23.2 Å². The van der Waals surface area contributed by atoms with Crippen molar-refractivity contribution < 1.29 is 27.5 Å². The van der Waals surface area contributed by atoms with Gasteiger partial charge < -0.3 is 4.74 Å². The van der Waals surface area contributed by atoms with Gasteiger partial charge in [0.2, 0.25) is 0 Å². The lowest BCUT2D eigenvalue weighted by molar-refractivity contribution is -0.203. The SMILES string of the molecule is CCc1c(CN2CCCC(C(=O)OC(=O)C(F)(F)F)C2)cccc1-c1cnc(-c2ccc(CC(C)C)c(C#N)c2)nc1. The van der Waals surface area contributed by atoms with Gasteiger partial charge >= 0.3 is 18.1 Å². The number of esters is 2. The van der Waals surface area contributed by atoms with Crippen molar-refractivity contribution in [2.24, 2.45) is 11.8 Å². The average Bonchev–Trinajstić information content (AvgIpc) is 2.96. The summed E-state index contributed by atoms with van der Waals surface area (Å²) < 4.78 is 41.7. The zero-order valence-electron chi connectivity index (χ0n) is 23.9. The van der Waals surface area contributed by atoms with Crippen LogP contribution in [0.3, 0.4) is 0 Å². The van der Waals surface area contributed by atoms with Crippen molar-refractivity contribution in [1.29, 1.82) is 5.26 Å². The fourth-order valence-electron chi connectivity index (χ4n) is 5.39. The lowest BCUT2D eigenvalue weighted by Gasteiger charge is -2.32. The molecule has 1 fully saturated rings. The smallest absolute Gasteiger partial charge is 0.386 e. The van der Waals surface area contributed by atoms with Crippen molar-refractivity contribution >= 4 is 11.9 Å². The summed E-state index contributed by atoms with van der Waals surface area (Å²) in [6.07, 6.45) is 0.816. The quantitative estimate of drug-likeness (QED) is 0.229. The van der Waals surface area contributed by atoms with Crippen LogP contribution in [0.5, 0.6) is 0 Å². The van der Waals surface area contributed by atoms with Crippen LogP contribution >= 0.6 is 0 Å². The summed E-state index contributed by atoms with van der Waals surface area (Å²) in [5, 5.41) is 9.63. The zero-order chi connectivity index (χ0) is 30.4. The number of ether oxygens (including phenoxy) is 1. The molecule has 0 saturated carbocycles. The van der Waals surface area contributed by atoms with Crippen LogP contribution in [0.25, 0.3) is 22.5 Å². The number of likely N-dealkylation sites (tertiary alicyclic amines) is 1. The molecule has 1 aliphatic heterocycles. The number of nitriles is 1. The van der Waals surface area contributed by atoms with Crippen molar-refractivity contribution in [1.82, 2.24) is 14.9 Å². The van der Waals surface area contributed by atoms with Crippen molar-refractivity contribution in [3.63, 3.8) is 0 Å². The summed E-state index contributed by atoms with van der Waals surface area (Å²) in [6.45, 7) is 7.63. The van der Waals surface area contributed by atoms with E-state index in [0.29, 0.717) is 43.2 Å². The summed E-state index contributed by atoms with van der Waals surface area (Å²) in [4.78, 5) is 34.5. The molecule has 42 heavy (non-hydrogen) atoms. The molecule has 7 nitrogen and oxygen atoms in total. The fraction of sp³-hybridized carbons (Fsp3) is 0.406. The van der Waals surface area contributed by atoms with Gasteiger partial charge in [0.15, 0.2) is 5.82 Å². The van der Waals surface area contributed by atoms with E-state index in [0.717, 1.165) is 46.2 Å². The number of benzene rings is 2. The van der Waals surface area contributed by atoms with Gasteiger partial charge in [0.05, 0.1) is 17.6 Å². The molecule has 0 bridgehead atoms. The largest absolute Gasteiger partial charge is 0.491 e. The fourth-order valence-corrected chi connectivity index (χ4v) is 5.39. The number of carbonyl (C=O) groups is 2. The van der Waals surface area contributed by atoms with Crippen molar-refractivity contribution in [2.45, 2.75) is 59.2 Å². The van der Waals surface area contributed by atoms with Gasteiger partial charge in [-0.3, -0.25) is 9.69 Å². The van der Waals surface area contributed by atoms with Gasteiger partial charge in [0, 0.05) is 36.6 Å². The first-order chi connectivity index (χ1) is 20.0. The van der Waals surface area contributed by atoms with Crippen LogP contribution in [-0.2, 0) is 33.7 Å². The van der Waals surface area contributed by atoms with Gasteiger partial charge in [-0.25, -0.2) is 14.8 Å². The second-order valence-corrected chi connectivity index (χ2v) is 11.0. The minimum absolute atomic E-state index is 0.204. The maximum Gasteiger partial charge on any atom is 0.491 e. The lowest BCUT2D eigenvalue weighted by atomic mass is 9.93. The molecule has 3 aromatic rings. The highest BCUT2D eigenvalue weighted by Crippen LogP contribution is 2.30. The van der Waals surface area contributed by atoms with E-state index < -0.39 is 24.0 Å². The predicted octanol–water partition coefficient (Wildman–Crippen LogP) is 6.29. The van der Waals surface area contributed by atoms with E-state index in [1.54, 1.807) is 12.4 Å². The van der Waals surface area contributed by atoms with E-state index in [1.807, 2.05) is 48.2 Å². The van der Waals surface area contributed by atoms with E-state index in [9.17, 15) is 28.0 Å². The number of halogens is 3. The van der Waals surface area contributed by atoms with Gasteiger partial charge in [0.1, 0.15) is 0 Å². The summed E-state index contributed by atoms with van der Waals surface area (Å²) in [7, 11) is 0. The number of hydrogen-bond donors (Lipinski definition) is 0. The zero-order valence-corrected chi connectivity index (χ0v) is 23.9.